The smallest absolute Gasteiger partial charge is 0.0322 e. The molecule has 1 rings (SSSR count). The number of nitrogens with one attached hydrogen (secondary N) is 1. The molecule has 0 spiro atoms. The van der Waals surface area contributed by atoms with E-state index in [1.54, 1.807) is 0 Å². The van der Waals surface area contributed by atoms with E-state index in [2.05, 4.69) is 55.8 Å². The number of hydrogen-bond acceptors (Lipinski definition) is 2. The van der Waals surface area contributed by atoms with E-state index >= 15 is 0 Å². The minimum Gasteiger partial charge on any atom is -0.307 e. The lowest BCUT2D eigenvalue weighted by Gasteiger charge is -2.23. The summed E-state index contributed by atoms with van der Waals surface area (Å²) in [5.74, 6) is 1.18. The molecule has 1 N–H and O–H groups in total. The third-order valence-corrected chi connectivity index (χ3v) is 4.03. The number of unbranched alkanes of at least 4 members (excludes halogenated alkanes) is 2. The van der Waals surface area contributed by atoms with Crippen molar-refractivity contribution in [2.24, 2.45) is 0 Å². The largest absolute Gasteiger partial charge is 0.307 e. The Bertz CT molecular complexity index is 299. The van der Waals surface area contributed by atoms with Crippen molar-refractivity contribution in [3.8, 4) is 0 Å². The van der Waals surface area contributed by atoms with Gasteiger partial charge in [0.25, 0.3) is 0 Å². The van der Waals surface area contributed by atoms with Crippen LogP contribution in [-0.4, -0.2) is 18.1 Å². The van der Waals surface area contributed by atoms with Crippen LogP contribution in [0.5, 0.6) is 0 Å². The van der Waals surface area contributed by atoms with E-state index < -0.39 is 0 Å². The van der Waals surface area contributed by atoms with Crippen LogP contribution in [0.25, 0.3) is 0 Å². The highest BCUT2D eigenvalue weighted by atomic mass is 32.2. The highest BCUT2D eigenvalue weighted by Gasteiger charge is 2.13. The Morgan fingerprint density at radius 3 is 2.50 bits per heavy atom. The Balaban J connectivity index is 2.57. The molecule has 0 aliphatic heterocycles. The number of rotatable bonds is 9. The molecule has 1 aromatic carbocycles. The first-order valence-corrected chi connectivity index (χ1v) is 8.47. The summed E-state index contributed by atoms with van der Waals surface area (Å²) < 4.78 is 0. The van der Waals surface area contributed by atoms with Gasteiger partial charge in [0.1, 0.15) is 0 Å². The van der Waals surface area contributed by atoms with Gasteiger partial charge in [0, 0.05) is 17.8 Å². The van der Waals surface area contributed by atoms with Crippen molar-refractivity contribution in [2.75, 3.05) is 12.0 Å². The Kier molecular flexibility index (Phi) is 8.19. The molecule has 0 aliphatic carbocycles. The van der Waals surface area contributed by atoms with Gasteiger partial charge < -0.3 is 5.32 Å². The first-order chi connectivity index (χ1) is 8.77. The van der Waals surface area contributed by atoms with E-state index in [0.29, 0.717) is 12.1 Å². The van der Waals surface area contributed by atoms with Crippen molar-refractivity contribution in [3.05, 3.63) is 35.9 Å². The molecule has 1 aromatic rings. The molecule has 0 aliphatic rings. The summed E-state index contributed by atoms with van der Waals surface area (Å²) in [5, 5.41) is 3.77. The molecule has 2 heteroatoms. The molecule has 0 aromatic heterocycles. The van der Waals surface area contributed by atoms with Crippen molar-refractivity contribution in [1.29, 1.82) is 0 Å². The molecule has 0 saturated carbocycles. The fourth-order valence-electron chi connectivity index (χ4n) is 2.27. The molecule has 1 nitrogen and oxygen atoms in total. The molecule has 102 valence electrons. The van der Waals surface area contributed by atoms with Crippen LogP contribution in [0.1, 0.15) is 51.1 Å². The minimum absolute atomic E-state index is 0.514. The molecule has 0 fully saturated rings. The predicted molar refractivity (Wildman–Crippen MR) is 84.3 cm³/mol. The van der Waals surface area contributed by atoms with Gasteiger partial charge in [-0.15, -0.1) is 0 Å². The number of hydrogen-bond donors (Lipinski definition) is 1. The molecule has 2 unspecified atom stereocenters. The van der Waals surface area contributed by atoms with Crippen molar-refractivity contribution < 1.29 is 0 Å². The lowest BCUT2D eigenvalue weighted by molar-refractivity contribution is 0.438. The van der Waals surface area contributed by atoms with Crippen LogP contribution < -0.4 is 5.32 Å². The Hall–Kier alpha value is -0.470. The lowest BCUT2D eigenvalue weighted by Crippen LogP contribution is -2.32. The number of benzene rings is 1. The first-order valence-electron chi connectivity index (χ1n) is 7.07. The van der Waals surface area contributed by atoms with Crippen molar-refractivity contribution in [1.82, 2.24) is 5.32 Å². The average Bonchev–Trinajstić information content (AvgIpc) is 2.39. The standard InChI is InChI=1S/C16H27NS/c1-4-5-7-12-16(17-14(2)13-18-3)15-10-8-6-9-11-15/h6,8-11,14,16-17H,4-5,7,12-13H2,1-3H3. The summed E-state index contributed by atoms with van der Waals surface area (Å²) in [4.78, 5) is 0. The van der Waals surface area contributed by atoms with Gasteiger partial charge in [0.15, 0.2) is 0 Å². The number of thioether (sulfide) groups is 1. The Morgan fingerprint density at radius 2 is 1.89 bits per heavy atom. The van der Waals surface area contributed by atoms with E-state index in [1.165, 1.54) is 37.0 Å². The van der Waals surface area contributed by atoms with E-state index in [4.69, 9.17) is 0 Å². The van der Waals surface area contributed by atoms with Crippen molar-refractivity contribution in [3.63, 3.8) is 0 Å². The molecule has 0 heterocycles. The van der Waals surface area contributed by atoms with Crippen molar-refractivity contribution >= 4 is 11.8 Å². The summed E-state index contributed by atoms with van der Waals surface area (Å²) in [6.07, 6.45) is 7.36. The third-order valence-electron chi connectivity index (χ3n) is 3.20. The highest BCUT2D eigenvalue weighted by molar-refractivity contribution is 7.98. The van der Waals surface area contributed by atoms with Crippen LogP contribution in [0.3, 0.4) is 0 Å². The summed E-state index contributed by atoms with van der Waals surface area (Å²) in [6.45, 7) is 4.55. The fourth-order valence-corrected chi connectivity index (χ4v) is 2.87. The van der Waals surface area contributed by atoms with Crippen LogP contribution in [0.2, 0.25) is 0 Å². The molecule has 2 atom stereocenters. The SMILES string of the molecule is CCCCCC(NC(C)CSC)c1ccccc1. The van der Waals surface area contributed by atoms with Crippen LogP contribution in [-0.2, 0) is 0 Å². The van der Waals surface area contributed by atoms with Gasteiger partial charge in [-0.3, -0.25) is 0 Å². The molecular weight excluding hydrogens is 238 g/mol. The fraction of sp³-hybridized carbons (Fsp3) is 0.625. The van der Waals surface area contributed by atoms with E-state index in [9.17, 15) is 0 Å². The van der Waals surface area contributed by atoms with Gasteiger partial charge >= 0.3 is 0 Å². The maximum atomic E-state index is 3.77. The molecule has 0 radical (unpaired) electrons. The summed E-state index contributed by atoms with van der Waals surface area (Å²) in [5.41, 5.74) is 1.43. The van der Waals surface area contributed by atoms with E-state index in [0.717, 1.165) is 0 Å². The lowest BCUT2D eigenvalue weighted by atomic mass is 10.00. The van der Waals surface area contributed by atoms with E-state index in [1.807, 2.05) is 11.8 Å². The van der Waals surface area contributed by atoms with Gasteiger partial charge in [-0.05, 0) is 25.2 Å². The van der Waals surface area contributed by atoms with Gasteiger partial charge in [-0.25, -0.2) is 0 Å². The average molecular weight is 265 g/mol. The normalized spacial score (nSPS) is 14.4. The Labute approximate surface area is 117 Å². The summed E-state index contributed by atoms with van der Waals surface area (Å²) in [6, 6.07) is 12.0. The monoisotopic (exact) mass is 265 g/mol. The van der Waals surface area contributed by atoms with Crippen LogP contribution in [0.4, 0.5) is 0 Å². The van der Waals surface area contributed by atoms with Gasteiger partial charge in [0.05, 0.1) is 0 Å². The zero-order valence-electron chi connectivity index (χ0n) is 12.0. The molecule has 18 heavy (non-hydrogen) atoms. The highest BCUT2D eigenvalue weighted by Crippen LogP contribution is 2.20. The predicted octanol–water partition coefficient (Wildman–Crippen LogP) is 4.65. The zero-order chi connectivity index (χ0) is 13.2. The quantitative estimate of drug-likeness (QED) is 0.652. The molecular formula is C16H27NS. The molecule has 0 bridgehead atoms. The summed E-state index contributed by atoms with van der Waals surface area (Å²) in [7, 11) is 0. The van der Waals surface area contributed by atoms with Crippen LogP contribution >= 0.6 is 11.8 Å². The second kappa shape index (κ2) is 9.46. The van der Waals surface area contributed by atoms with Crippen LogP contribution in [0, 0.1) is 0 Å². The maximum absolute atomic E-state index is 3.77. The second-order valence-corrected chi connectivity index (χ2v) is 5.89. The second-order valence-electron chi connectivity index (χ2n) is 4.98. The van der Waals surface area contributed by atoms with Crippen LogP contribution in [0.15, 0.2) is 30.3 Å². The maximum Gasteiger partial charge on any atom is 0.0322 e. The Morgan fingerprint density at radius 1 is 1.17 bits per heavy atom. The topological polar surface area (TPSA) is 12.0 Å². The zero-order valence-corrected chi connectivity index (χ0v) is 12.8. The molecule has 0 amide bonds. The van der Waals surface area contributed by atoms with Gasteiger partial charge in [-0.1, -0.05) is 56.5 Å². The van der Waals surface area contributed by atoms with Gasteiger partial charge in [-0.2, -0.15) is 11.8 Å². The third kappa shape index (κ3) is 5.92. The van der Waals surface area contributed by atoms with Gasteiger partial charge in [0.2, 0.25) is 0 Å². The minimum atomic E-state index is 0.514. The van der Waals surface area contributed by atoms with E-state index in [-0.39, 0.29) is 0 Å². The molecule has 0 saturated heterocycles. The van der Waals surface area contributed by atoms with Crippen molar-refractivity contribution in [2.45, 2.75) is 51.6 Å². The first kappa shape index (κ1) is 15.6. The summed E-state index contributed by atoms with van der Waals surface area (Å²) >= 11 is 1.91.